The van der Waals surface area contributed by atoms with E-state index in [2.05, 4.69) is 6.07 Å². The number of amides is 1. The van der Waals surface area contributed by atoms with Gasteiger partial charge in [-0.05, 0) is 30.7 Å². The maximum atomic E-state index is 13.0. The lowest BCUT2D eigenvalue weighted by molar-refractivity contribution is -0.132. The van der Waals surface area contributed by atoms with Gasteiger partial charge in [-0.3, -0.25) is 9.78 Å². The van der Waals surface area contributed by atoms with E-state index < -0.39 is 0 Å². The first-order chi connectivity index (χ1) is 13.6. The Balaban J connectivity index is 1.73. The van der Waals surface area contributed by atoms with Crippen LogP contribution in [0.2, 0.25) is 0 Å². The second-order valence-electron chi connectivity index (χ2n) is 7.19. The second kappa shape index (κ2) is 7.50. The van der Waals surface area contributed by atoms with E-state index in [0.717, 1.165) is 40.1 Å². The number of fused-ring (bicyclic) bond motifs is 1. The zero-order valence-corrected chi connectivity index (χ0v) is 16.4. The van der Waals surface area contributed by atoms with Crippen molar-refractivity contribution >= 4 is 16.8 Å². The molecule has 0 aliphatic carbocycles. The van der Waals surface area contributed by atoms with Crippen molar-refractivity contribution in [1.82, 2.24) is 9.88 Å². The number of hydrogen-bond donors (Lipinski definition) is 0. The fourth-order valence-corrected chi connectivity index (χ4v) is 4.04. The number of carbonyl (C=O) groups excluding carboxylic acids is 1. The first-order valence-corrected chi connectivity index (χ1v) is 9.48. The highest BCUT2D eigenvalue weighted by atomic mass is 16.5. The van der Waals surface area contributed by atoms with Crippen LogP contribution in [0.5, 0.6) is 11.5 Å². The topological polar surface area (TPSA) is 51.7 Å². The van der Waals surface area contributed by atoms with Gasteiger partial charge in [0, 0.05) is 11.3 Å². The Morgan fingerprint density at radius 2 is 1.71 bits per heavy atom. The van der Waals surface area contributed by atoms with Gasteiger partial charge in [0.05, 0.1) is 43.6 Å². The van der Waals surface area contributed by atoms with Gasteiger partial charge in [0.2, 0.25) is 5.91 Å². The molecule has 1 aliphatic rings. The molecule has 0 radical (unpaired) electrons. The van der Waals surface area contributed by atoms with Crippen LogP contribution in [0.15, 0.2) is 54.6 Å². The number of aromatic nitrogens is 1. The maximum absolute atomic E-state index is 13.0. The van der Waals surface area contributed by atoms with Crippen LogP contribution in [0.1, 0.15) is 30.6 Å². The molecule has 1 fully saturated rings. The molecule has 2 aromatic carbocycles. The fraction of sp³-hybridized carbons (Fsp3) is 0.304. The third kappa shape index (κ3) is 3.17. The van der Waals surface area contributed by atoms with Crippen LogP contribution in [0.25, 0.3) is 10.9 Å². The Morgan fingerprint density at radius 1 is 1.00 bits per heavy atom. The number of rotatable bonds is 5. The summed E-state index contributed by atoms with van der Waals surface area (Å²) < 4.78 is 11.2. The van der Waals surface area contributed by atoms with Crippen molar-refractivity contribution in [3.8, 4) is 11.5 Å². The lowest BCUT2D eigenvalue weighted by Gasteiger charge is -2.27. The normalized spacial score (nSPS) is 19.2. The van der Waals surface area contributed by atoms with Gasteiger partial charge in [0.1, 0.15) is 11.5 Å². The summed E-state index contributed by atoms with van der Waals surface area (Å²) in [5, 5.41) is 1.09. The zero-order chi connectivity index (χ0) is 19.7. The first-order valence-electron chi connectivity index (χ1n) is 9.48. The molecule has 5 nitrogen and oxygen atoms in total. The number of likely N-dealkylation sites (tertiary alicyclic amines) is 1. The monoisotopic (exact) mass is 376 g/mol. The molecule has 28 heavy (non-hydrogen) atoms. The highest BCUT2D eigenvalue weighted by molar-refractivity contribution is 5.82. The minimum absolute atomic E-state index is 0.0555. The number of benzene rings is 2. The fourth-order valence-electron chi connectivity index (χ4n) is 4.04. The summed E-state index contributed by atoms with van der Waals surface area (Å²) in [7, 11) is 3.29. The van der Waals surface area contributed by atoms with E-state index in [9.17, 15) is 4.79 Å². The van der Waals surface area contributed by atoms with E-state index >= 15 is 0 Å². The predicted molar refractivity (Wildman–Crippen MR) is 108 cm³/mol. The van der Waals surface area contributed by atoms with E-state index in [1.807, 2.05) is 60.4 Å². The molecule has 0 N–H and O–H groups in total. The molecule has 0 bridgehead atoms. The molecular formula is C23H24N2O3. The molecule has 0 spiro atoms. The molecule has 3 aromatic rings. The third-order valence-corrected chi connectivity index (χ3v) is 5.45. The molecule has 144 valence electrons. The van der Waals surface area contributed by atoms with Gasteiger partial charge in [-0.15, -0.1) is 0 Å². The van der Waals surface area contributed by atoms with Crippen LogP contribution in [0, 0.1) is 5.92 Å². The van der Waals surface area contributed by atoms with Crippen molar-refractivity contribution in [2.45, 2.75) is 25.9 Å². The average Bonchev–Trinajstić information content (AvgIpc) is 3.01. The highest BCUT2D eigenvalue weighted by Crippen LogP contribution is 2.45. The van der Waals surface area contributed by atoms with Crippen molar-refractivity contribution < 1.29 is 14.3 Å². The summed E-state index contributed by atoms with van der Waals surface area (Å²) in [5.41, 5.74) is 2.73. The third-order valence-electron chi connectivity index (χ3n) is 5.45. The summed E-state index contributed by atoms with van der Waals surface area (Å²) in [6, 6.07) is 17.7. The van der Waals surface area contributed by atoms with Crippen molar-refractivity contribution in [3.63, 3.8) is 0 Å². The molecule has 1 saturated heterocycles. The Hall–Kier alpha value is -3.08. The molecule has 4 rings (SSSR count). The van der Waals surface area contributed by atoms with Gasteiger partial charge < -0.3 is 14.4 Å². The van der Waals surface area contributed by atoms with Crippen LogP contribution in [0.4, 0.5) is 0 Å². The van der Waals surface area contributed by atoms with Gasteiger partial charge in [-0.25, -0.2) is 0 Å². The molecule has 1 aliphatic heterocycles. The Morgan fingerprint density at radius 3 is 2.43 bits per heavy atom. The van der Waals surface area contributed by atoms with Crippen molar-refractivity contribution in [1.29, 1.82) is 0 Å². The molecule has 2 atom stereocenters. The van der Waals surface area contributed by atoms with E-state index in [0.29, 0.717) is 6.54 Å². The molecule has 5 heteroatoms. The van der Waals surface area contributed by atoms with Crippen molar-refractivity contribution in [2.24, 2.45) is 5.92 Å². The number of para-hydroxylation sites is 1. The summed E-state index contributed by atoms with van der Waals surface area (Å²) in [5.74, 6) is 1.55. The predicted octanol–water partition coefficient (Wildman–Crippen LogP) is 4.36. The number of hydrogen-bond acceptors (Lipinski definition) is 4. The minimum atomic E-state index is -0.109. The van der Waals surface area contributed by atoms with Crippen LogP contribution in [-0.2, 0) is 11.3 Å². The largest absolute Gasteiger partial charge is 0.496 e. The van der Waals surface area contributed by atoms with Crippen LogP contribution in [-0.4, -0.2) is 30.0 Å². The van der Waals surface area contributed by atoms with Gasteiger partial charge in [-0.1, -0.05) is 37.3 Å². The van der Waals surface area contributed by atoms with Crippen LogP contribution < -0.4 is 9.47 Å². The number of ether oxygens (including phenoxy) is 2. The van der Waals surface area contributed by atoms with Crippen molar-refractivity contribution in [3.05, 3.63) is 65.9 Å². The Bertz CT molecular complexity index is 995. The van der Waals surface area contributed by atoms with E-state index in [-0.39, 0.29) is 17.9 Å². The van der Waals surface area contributed by atoms with Gasteiger partial charge in [0.25, 0.3) is 0 Å². The number of carbonyl (C=O) groups is 1. The lowest BCUT2D eigenvalue weighted by atomic mass is 9.98. The maximum Gasteiger partial charge on any atom is 0.226 e. The molecular weight excluding hydrogens is 352 g/mol. The SMILES string of the molecule is COc1cccc(OC)c1C1CC(C)C(=O)N1Cc1ccc2ccccc2n1. The summed E-state index contributed by atoms with van der Waals surface area (Å²) in [6.45, 7) is 2.44. The molecule has 1 amide bonds. The zero-order valence-electron chi connectivity index (χ0n) is 16.4. The highest BCUT2D eigenvalue weighted by Gasteiger charge is 2.40. The summed E-state index contributed by atoms with van der Waals surface area (Å²) in [4.78, 5) is 19.6. The van der Waals surface area contributed by atoms with E-state index in [1.165, 1.54) is 0 Å². The first kappa shape index (κ1) is 18.3. The number of nitrogens with zero attached hydrogens (tertiary/aromatic N) is 2. The van der Waals surface area contributed by atoms with E-state index in [4.69, 9.17) is 14.5 Å². The van der Waals surface area contributed by atoms with Gasteiger partial charge in [0.15, 0.2) is 0 Å². The molecule has 2 unspecified atom stereocenters. The summed E-state index contributed by atoms with van der Waals surface area (Å²) in [6.07, 6.45) is 0.725. The lowest BCUT2D eigenvalue weighted by Crippen LogP contribution is -2.29. The van der Waals surface area contributed by atoms with Crippen LogP contribution in [0.3, 0.4) is 0 Å². The standard InChI is InChI=1S/C23H24N2O3/c1-15-13-19(22-20(27-2)9-6-10-21(22)28-3)25(23(15)26)14-17-12-11-16-7-4-5-8-18(16)24-17/h4-12,15,19H,13-14H2,1-3H3. The smallest absolute Gasteiger partial charge is 0.226 e. The van der Waals surface area contributed by atoms with Gasteiger partial charge in [-0.2, -0.15) is 0 Å². The molecule has 2 heterocycles. The van der Waals surface area contributed by atoms with E-state index in [1.54, 1.807) is 14.2 Å². The minimum Gasteiger partial charge on any atom is -0.496 e. The second-order valence-corrected chi connectivity index (χ2v) is 7.19. The Labute approximate surface area is 164 Å². The van der Waals surface area contributed by atoms with Crippen LogP contribution >= 0.6 is 0 Å². The molecule has 0 saturated carbocycles. The molecule has 1 aromatic heterocycles. The number of methoxy groups -OCH3 is 2. The average molecular weight is 376 g/mol. The quantitative estimate of drug-likeness (QED) is 0.664. The number of pyridine rings is 1. The van der Waals surface area contributed by atoms with Gasteiger partial charge >= 0.3 is 0 Å². The Kier molecular flexibility index (Phi) is 4.90. The van der Waals surface area contributed by atoms with Crippen molar-refractivity contribution in [2.75, 3.05) is 14.2 Å². The summed E-state index contributed by atoms with van der Waals surface area (Å²) >= 11 is 0.